The summed E-state index contributed by atoms with van der Waals surface area (Å²) in [6, 6.07) is 6.87. The van der Waals surface area contributed by atoms with Crippen LogP contribution in [0.2, 0.25) is 0 Å². The standard InChI is InChI=1S/C15H20N2O3/c1-15(2,16-3)14(20)17-9-11-7-5-4-6-10(11)8-12(17)13(18)19/h4-7,12,16H,8-9H2,1-3H3,(H,18,19). The molecule has 1 unspecified atom stereocenters. The van der Waals surface area contributed by atoms with E-state index in [2.05, 4.69) is 5.32 Å². The van der Waals surface area contributed by atoms with E-state index in [1.54, 1.807) is 20.9 Å². The van der Waals surface area contributed by atoms with E-state index in [1.165, 1.54) is 4.90 Å². The van der Waals surface area contributed by atoms with Crippen LogP contribution >= 0.6 is 0 Å². The van der Waals surface area contributed by atoms with Crippen molar-refractivity contribution in [2.75, 3.05) is 7.05 Å². The Balaban J connectivity index is 2.36. The smallest absolute Gasteiger partial charge is 0.326 e. The van der Waals surface area contributed by atoms with Crippen LogP contribution in [0.1, 0.15) is 25.0 Å². The molecule has 0 aromatic heterocycles. The van der Waals surface area contributed by atoms with E-state index in [1.807, 2.05) is 24.3 Å². The number of rotatable bonds is 3. The number of amides is 1. The van der Waals surface area contributed by atoms with Gasteiger partial charge in [-0.3, -0.25) is 4.79 Å². The highest BCUT2D eigenvalue weighted by molar-refractivity contribution is 5.90. The molecular weight excluding hydrogens is 256 g/mol. The molecule has 2 rings (SSSR count). The van der Waals surface area contributed by atoms with Gasteiger partial charge in [0.05, 0.1) is 5.54 Å². The maximum atomic E-state index is 12.6. The third kappa shape index (κ3) is 2.54. The number of aliphatic carboxylic acids is 1. The highest BCUT2D eigenvalue weighted by atomic mass is 16.4. The van der Waals surface area contributed by atoms with Crippen molar-refractivity contribution < 1.29 is 14.7 Å². The minimum absolute atomic E-state index is 0.193. The summed E-state index contributed by atoms with van der Waals surface area (Å²) in [6.07, 6.45) is 0.358. The van der Waals surface area contributed by atoms with Crippen molar-refractivity contribution in [1.82, 2.24) is 10.2 Å². The van der Waals surface area contributed by atoms with Crippen molar-refractivity contribution in [3.05, 3.63) is 35.4 Å². The molecule has 20 heavy (non-hydrogen) atoms. The minimum Gasteiger partial charge on any atom is -0.480 e. The van der Waals surface area contributed by atoms with Crippen LogP contribution < -0.4 is 5.32 Å². The van der Waals surface area contributed by atoms with Crippen molar-refractivity contribution in [2.24, 2.45) is 0 Å². The molecule has 108 valence electrons. The lowest BCUT2D eigenvalue weighted by Crippen LogP contribution is -2.58. The predicted molar refractivity (Wildman–Crippen MR) is 75.3 cm³/mol. The van der Waals surface area contributed by atoms with E-state index in [0.717, 1.165) is 11.1 Å². The van der Waals surface area contributed by atoms with Crippen LogP contribution in [0.25, 0.3) is 0 Å². The summed E-state index contributed by atoms with van der Waals surface area (Å²) in [7, 11) is 1.70. The highest BCUT2D eigenvalue weighted by Crippen LogP contribution is 2.25. The summed E-state index contributed by atoms with van der Waals surface area (Å²) in [5, 5.41) is 12.3. The summed E-state index contributed by atoms with van der Waals surface area (Å²) in [5.74, 6) is -1.15. The monoisotopic (exact) mass is 276 g/mol. The molecule has 0 aliphatic carbocycles. The number of carboxylic acid groups (broad SMARTS) is 1. The number of carbonyl (C=O) groups excluding carboxylic acids is 1. The zero-order valence-corrected chi connectivity index (χ0v) is 12.0. The first-order valence-corrected chi connectivity index (χ1v) is 6.66. The average Bonchev–Trinajstić information content (AvgIpc) is 2.44. The molecule has 1 amide bonds. The van der Waals surface area contributed by atoms with Gasteiger partial charge in [-0.1, -0.05) is 24.3 Å². The van der Waals surface area contributed by atoms with Crippen molar-refractivity contribution in [2.45, 2.75) is 38.4 Å². The molecule has 0 saturated carbocycles. The fraction of sp³-hybridized carbons (Fsp3) is 0.467. The molecule has 0 saturated heterocycles. The zero-order chi connectivity index (χ0) is 14.9. The summed E-state index contributed by atoms with van der Waals surface area (Å²) in [4.78, 5) is 25.5. The summed E-state index contributed by atoms with van der Waals surface area (Å²) < 4.78 is 0. The van der Waals surface area contributed by atoms with Crippen LogP contribution in [0.3, 0.4) is 0 Å². The number of benzene rings is 1. The van der Waals surface area contributed by atoms with Gasteiger partial charge in [0, 0.05) is 13.0 Å². The molecule has 0 radical (unpaired) electrons. The lowest BCUT2D eigenvalue weighted by Gasteiger charge is -2.39. The molecule has 1 aliphatic heterocycles. The highest BCUT2D eigenvalue weighted by Gasteiger charge is 2.39. The Kier molecular flexibility index (Phi) is 3.81. The van der Waals surface area contributed by atoms with Gasteiger partial charge in [0.15, 0.2) is 0 Å². The van der Waals surface area contributed by atoms with Crippen molar-refractivity contribution in [3.8, 4) is 0 Å². The largest absolute Gasteiger partial charge is 0.480 e. The molecule has 5 nitrogen and oxygen atoms in total. The SMILES string of the molecule is CNC(C)(C)C(=O)N1Cc2ccccc2CC1C(=O)O. The van der Waals surface area contributed by atoms with Crippen LogP contribution in [-0.4, -0.2) is 40.5 Å². The van der Waals surface area contributed by atoms with E-state index in [9.17, 15) is 14.7 Å². The number of likely N-dealkylation sites (N-methyl/N-ethyl adjacent to an activating group) is 1. The fourth-order valence-corrected chi connectivity index (χ4v) is 2.42. The molecule has 1 aromatic rings. The molecule has 1 aromatic carbocycles. The van der Waals surface area contributed by atoms with Gasteiger partial charge in [-0.2, -0.15) is 0 Å². The molecule has 0 fully saturated rings. The Morgan fingerprint density at radius 2 is 1.90 bits per heavy atom. The quantitative estimate of drug-likeness (QED) is 0.865. The van der Waals surface area contributed by atoms with Gasteiger partial charge in [0.25, 0.3) is 0 Å². The second-order valence-corrected chi connectivity index (χ2v) is 5.63. The second kappa shape index (κ2) is 5.25. The first-order valence-electron chi connectivity index (χ1n) is 6.66. The number of carbonyl (C=O) groups is 2. The molecule has 1 heterocycles. The Labute approximate surface area is 118 Å². The Morgan fingerprint density at radius 1 is 1.30 bits per heavy atom. The van der Waals surface area contributed by atoms with Gasteiger partial charge in [0.2, 0.25) is 5.91 Å². The van der Waals surface area contributed by atoms with Gasteiger partial charge >= 0.3 is 5.97 Å². The first-order chi connectivity index (χ1) is 9.36. The van der Waals surface area contributed by atoms with Crippen LogP contribution in [0, 0.1) is 0 Å². The molecule has 1 aliphatic rings. The topological polar surface area (TPSA) is 69.6 Å². The Hall–Kier alpha value is -1.88. The number of hydrogen-bond acceptors (Lipinski definition) is 3. The number of nitrogens with one attached hydrogen (secondary N) is 1. The van der Waals surface area contributed by atoms with Crippen molar-refractivity contribution >= 4 is 11.9 Å². The molecule has 0 bridgehead atoms. The van der Waals surface area contributed by atoms with Crippen LogP contribution in [0.15, 0.2) is 24.3 Å². The lowest BCUT2D eigenvalue weighted by molar-refractivity contribution is -0.154. The first kappa shape index (κ1) is 14.5. The van der Waals surface area contributed by atoms with Gasteiger partial charge in [0.1, 0.15) is 6.04 Å². The second-order valence-electron chi connectivity index (χ2n) is 5.63. The lowest BCUT2D eigenvalue weighted by atomic mass is 9.91. The van der Waals surface area contributed by atoms with Crippen LogP contribution in [0.4, 0.5) is 0 Å². The Morgan fingerprint density at radius 3 is 2.45 bits per heavy atom. The van der Waals surface area contributed by atoms with Crippen molar-refractivity contribution in [1.29, 1.82) is 0 Å². The number of fused-ring (bicyclic) bond motifs is 1. The number of nitrogens with zero attached hydrogens (tertiary/aromatic N) is 1. The maximum absolute atomic E-state index is 12.6. The average molecular weight is 276 g/mol. The van der Waals surface area contributed by atoms with Gasteiger partial charge in [-0.15, -0.1) is 0 Å². The summed E-state index contributed by atoms with van der Waals surface area (Å²) in [6.45, 7) is 3.86. The van der Waals surface area contributed by atoms with E-state index in [4.69, 9.17) is 0 Å². The van der Waals surface area contributed by atoms with E-state index >= 15 is 0 Å². The van der Waals surface area contributed by atoms with E-state index in [-0.39, 0.29) is 5.91 Å². The van der Waals surface area contributed by atoms with Crippen LogP contribution in [-0.2, 0) is 22.6 Å². The number of hydrogen-bond donors (Lipinski definition) is 2. The molecule has 0 spiro atoms. The molecule has 5 heteroatoms. The molecule has 2 N–H and O–H groups in total. The molecule has 1 atom stereocenters. The van der Waals surface area contributed by atoms with Gasteiger partial charge in [-0.25, -0.2) is 4.79 Å². The van der Waals surface area contributed by atoms with E-state index < -0.39 is 17.6 Å². The summed E-state index contributed by atoms with van der Waals surface area (Å²) >= 11 is 0. The minimum atomic E-state index is -0.959. The zero-order valence-electron chi connectivity index (χ0n) is 12.0. The summed E-state index contributed by atoms with van der Waals surface area (Å²) in [5.41, 5.74) is 1.25. The van der Waals surface area contributed by atoms with E-state index in [0.29, 0.717) is 13.0 Å². The van der Waals surface area contributed by atoms with Gasteiger partial charge in [-0.05, 0) is 32.0 Å². The third-order valence-electron chi connectivity index (χ3n) is 3.95. The predicted octanol–water partition coefficient (Wildman–Crippen LogP) is 1.02. The van der Waals surface area contributed by atoms with Gasteiger partial charge < -0.3 is 15.3 Å². The third-order valence-corrected chi connectivity index (χ3v) is 3.95. The Bertz CT molecular complexity index is 540. The number of carboxylic acids is 1. The maximum Gasteiger partial charge on any atom is 0.326 e. The molecular formula is C15H20N2O3. The van der Waals surface area contributed by atoms with Crippen molar-refractivity contribution in [3.63, 3.8) is 0 Å². The van der Waals surface area contributed by atoms with Crippen LogP contribution in [0.5, 0.6) is 0 Å². The fourth-order valence-electron chi connectivity index (χ4n) is 2.42. The normalized spacial score (nSPS) is 18.6.